The minimum Gasteiger partial charge on any atom is -0.483 e. The van der Waals surface area contributed by atoms with Crippen molar-refractivity contribution in [3.8, 4) is 0 Å². The van der Waals surface area contributed by atoms with E-state index >= 15 is 0 Å². The first kappa shape index (κ1) is 23.2. The van der Waals surface area contributed by atoms with Gasteiger partial charge in [0.15, 0.2) is 0 Å². The van der Waals surface area contributed by atoms with Crippen LogP contribution in [0.4, 0.5) is 0 Å². The van der Waals surface area contributed by atoms with Gasteiger partial charge in [0, 0.05) is 30.7 Å². The van der Waals surface area contributed by atoms with Crippen molar-refractivity contribution in [2.45, 2.75) is 25.3 Å². The highest BCUT2D eigenvalue weighted by Crippen LogP contribution is 2.41. The summed E-state index contributed by atoms with van der Waals surface area (Å²) < 4.78 is 0. The Morgan fingerprint density at radius 3 is 2.50 bits per heavy atom. The fourth-order valence-electron chi connectivity index (χ4n) is 3.82. The van der Waals surface area contributed by atoms with Gasteiger partial charge in [-0.1, -0.05) is 0 Å². The van der Waals surface area contributed by atoms with Gasteiger partial charge in [0.05, 0.1) is 12.8 Å². The topological polar surface area (TPSA) is 164 Å². The zero-order valence-electron chi connectivity index (χ0n) is 15.7. The standard InChI is InChI=1S/C15H22N4O3.2CH2O2/c1-18-5-2-3-15(10-20)4-6-19(9-12(15)18)14(22)11-7-17-13(21)8-16-11;2*2-1-3/h7-8,12,20H,2-6,9-10H2,1H3,(H,17,21);2*1H,(H,2,3)/t12-,15-;;/m1../s1. The first-order chi connectivity index (χ1) is 13.4. The Hall–Kier alpha value is -2.79. The molecule has 2 saturated heterocycles. The van der Waals surface area contributed by atoms with Crippen LogP contribution < -0.4 is 5.56 Å². The number of H-pyrrole nitrogens is 1. The largest absolute Gasteiger partial charge is 0.483 e. The van der Waals surface area contributed by atoms with E-state index in [2.05, 4.69) is 21.9 Å². The third-order valence-corrected chi connectivity index (χ3v) is 5.19. The van der Waals surface area contributed by atoms with Crippen LogP contribution >= 0.6 is 0 Å². The molecule has 2 atom stereocenters. The number of aromatic nitrogens is 2. The highest BCUT2D eigenvalue weighted by Gasteiger charge is 2.47. The highest BCUT2D eigenvalue weighted by molar-refractivity contribution is 5.92. The Bertz CT molecular complexity index is 684. The summed E-state index contributed by atoms with van der Waals surface area (Å²) in [4.78, 5) is 50.8. The number of hydrogen-bond donors (Lipinski definition) is 4. The number of amides is 1. The normalized spacial score (nSPS) is 23.8. The summed E-state index contributed by atoms with van der Waals surface area (Å²) in [7, 11) is 2.06. The lowest BCUT2D eigenvalue weighted by atomic mass is 9.69. The molecular formula is C17H26N4O7. The molecule has 3 rings (SSSR count). The van der Waals surface area contributed by atoms with Gasteiger partial charge in [-0.15, -0.1) is 0 Å². The molecule has 2 aliphatic rings. The lowest BCUT2D eigenvalue weighted by Crippen LogP contribution is -2.62. The maximum absolute atomic E-state index is 12.5. The number of hydrogen-bond acceptors (Lipinski definition) is 7. The number of carbonyl (C=O) groups is 3. The minimum atomic E-state index is -0.318. The van der Waals surface area contributed by atoms with Crippen LogP contribution in [0.15, 0.2) is 17.2 Å². The molecule has 0 unspecified atom stereocenters. The predicted molar refractivity (Wildman–Crippen MR) is 97.9 cm³/mol. The highest BCUT2D eigenvalue weighted by atomic mass is 16.3. The van der Waals surface area contributed by atoms with E-state index in [-0.39, 0.29) is 48.2 Å². The van der Waals surface area contributed by atoms with Gasteiger partial charge in [-0.25, -0.2) is 4.98 Å². The fraction of sp³-hybridized carbons (Fsp3) is 0.588. The fourth-order valence-corrected chi connectivity index (χ4v) is 3.82. The van der Waals surface area contributed by atoms with E-state index in [1.807, 2.05) is 0 Å². The number of carbonyl (C=O) groups excluding carboxylic acids is 1. The maximum atomic E-state index is 12.5. The molecule has 0 bridgehead atoms. The smallest absolute Gasteiger partial charge is 0.290 e. The number of piperidine rings is 2. The van der Waals surface area contributed by atoms with Gasteiger partial charge >= 0.3 is 0 Å². The van der Waals surface area contributed by atoms with Crippen LogP contribution in [-0.4, -0.2) is 93.3 Å². The molecule has 156 valence electrons. The Balaban J connectivity index is 0.000000582. The number of fused-ring (bicyclic) bond motifs is 1. The molecule has 0 radical (unpaired) electrons. The van der Waals surface area contributed by atoms with E-state index in [9.17, 15) is 14.7 Å². The van der Waals surface area contributed by atoms with Crippen molar-refractivity contribution in [1.29, 1.82) is 0 Å². The van der Waals surface area contributed by atoms with Gasteiger partial charge in [-0.2, -0.15) is 0 Å². The second-order valence-electron chi connectivity index (χ2n) is 6.63. The average Bonchev–Trinajstić information content (AvgIpc) is 2.69. The van der Waals surface area contributed by atoms with Gasteiger partial charge < -0.3 is 30.1 Å². The van der Waals surface area contributed by atoms with E-state index < -0.39 is 0 Å². The van der Waals surface area contributed by atoms with Gasteiger partial charge in [0.2, 0.25) is 0 Å². The molecule has 11 heteroatoms. The summed E-state index contributed by atoms with van der Waals surface area (Å²) in [6.45, 7) is 1.87. The van der Waals surface area contributed by atoms with Crippen molar-refractivity contribution < 1.29 is 29.7 Å². The first-order valence-corrected chi connectivity index (χ1v) is 8.70. The number of likely N-dealkylation sites (N-methyl/N-ethyl adjacent to an activating group) is 1. The third kappa shape index (κ3) is 5.60. The summed E-state index contributed by atoms with van der Waals surface area (Å²) in [5.41, 5.74) is -0.154. The second-order valence-corrected chi connectivity index (χ2v) is 6.63. The second kappa shape index (κ2) is 11.1. The van der Waals surface area contributed by atoms with Crippen LogP contribution in [0.25, 0.3) is 0 Å². The van der Waals surface area contributed by atoms with Gasteiger partial charge in [-0.05, 0) is 32.9 Å². The number of aromatic amines is 1. The molecule has 2 aliphatic heterocycles. The van der Waals surface area contributed by atoms with Crippen LogP contribution in [0, 0.1) is 5.41 Å². The summed E-state index contributed by atoms with van der Waals surface area (Å²) in [5.74, 6) is -0.165. The monoisotopic (exact) mass is 398 g/mol. The Morgan fingerprint density at radius 2 is 1.96 bits per heavy atom. The molecule has 1 aromatic heterocycles. The number of nitrogens with one attached hydrogen (secondary N) is 1. The minimum absolute atomic E-state index is 0.0950. The molecule has 4 N–H and O–H groups in total. The van der Waals surface area contributed by atoms with Crippen molar-refractivity contribution >= 4 is 18.9 Å². The number of aliphatic hydroxyl groups is 1. The van der Waals surface area contributed by atoms with E-state index in [1.54, 1.807) is 4.90 Å². The van der Waals surface area contributed by atoms with Crippen molar-refractivity contribution in [2.24, 2.45) is 5.41 Å². The predicted octanol–water partition coefficient (Wildman–Crippen LogP) is -0.910. The lowest BCUT2D eigenvalue weighted by molar-refractivity contribution is -0.123. The quantitative estimate of drug-likeness (QED) is 0.462. The van der Waals surface area contributed by atoms with Gasteiger partial charge in [-0.3, -0.25) is 19.2 Å². The van der Waals surface area contributed by atoms with E-state index in [4.69, 9.17) is 19.8 Å². The molecule has 1 aromatic rings. The zero-order chi connectivity index (χ0) is 21.2. The molecule has 28 heavy (non-hydrogen) atoms. The van der Waals surface area contributed by atoms with Crippen LogP contribution in [0.1, 0.15) is 29.8 Å². The van der Waals surface area contributed by atoms with E-state index in [0.29, 0.717) is 13.1 Å². The van der Waals surface area contributed by atoms with Crippen LogP contribution in [-0.2, 0) is 9.59 Å². The van der Waals surface area contributed by atoms with Crippen molar-refractivity contribution in [2.75, 3.05) is 33.3 Å². The van der Waals surface area contributed by atoms with Gasteiger partial charge in [0.25, 0.3) is 24.4 Å². The summed E-state index contributed by atoms with van der Waals surface area (Å²) in [6.07, 6.45) is 5.39. The van der Waals surface area contributed by atoms with E-state index in [0.717, 1.165) is 32.0 Å². The number of rotatable bonds is 2. The zero-order valence-corrected chi connectivity index (χ0v) is 15.7. The maximum Gasteiger partial charge on any atom is 0.290 e. The lowest BCUT2D eigenvalue weighted by Gasteiger charge is -2.53. The summed E-state index contributed by atoms with van der Waals surface area (Å²) >= 11 is 0. The molecule has 0 saturated carbocycles. The molecule has 2 fully saturated rings. The summed E-state index contributed by atoms with van der Waals surface area (Å²) in [5, 5.41) is 23.7. The number of aliphatic hydroxyl groups excluding tert-OH is 1. The SMILES string of the molecule is CN1CCC[C@]2(CO)CCN(C(=O)c3c[nH]c(=O)cn3)C[C@@H]12.O=CO.O=CO. The molecule has 0 aromatic carbocycles. The van der Waals surface area contributed by atoms with Crippen LogP contribution in [0.2, 0.25) is 0 Å². The van der Waals surface area contributed by atoms with Crippen molar-refractivity contribution in [1.82, 2.24) is 19.8 Å². The molecule has 0 spiro atoms. The number of nitrogens with zero attached hydrogens (tertiary/aromatic N) is 3. The number of likely N-dealkylation sites (tertiary alicyclic amines) is 2. The molecule has 11 nitrogen and oxygen atoms in total. The molecule has 0 aliphatic carbocycles. The molecule has 3 heterocycles. The van der Waals surface area contributed by atoms with Gasteiger partial charge in [0.1, 0.15) is 5.69 Å². The average molecular weight is 398 g/mol. The summed E-state index contributed by atoms with van der Waals surface area (Å²) in [6, 6.07) is 0.173. The van der Waals surface area contributed by atoms with Crippen molar-refractivity contribution in [3.05, 3.63) is 28.4 Å². The molecule has 1 amide bonds. The van der Waals surface area contributed by atoms with Crippen LogP contribution in [0.5, 0.6) is 0 Å². The Labute approximate surface area is 161 Å². The van der Waals surface area contributed by atoms with E-state index in [1.165, 1.54) is 6.20 Å². The van der Waals surface area contributed by atoms with Crippen LogP contribution in [0.3, 0.4) is 0 Å². The third-order valence-electron chi connectivity index (χ3n) is 5.19. The van der Waals surface area contributed by atoms with Crippen molar-refractivity contribution in [3.63, 3.8) is 0 Å². The first-order valence-electron chi connectivity index (χ1n) is 8.70. The number of carboxylic acid groups (broad SMARTS) is 2. The molecular weight excluding hydrogens is 372 g/mol. The Kier molecular flexibility index (Phi) is 9.25. The Morgan fingerprint density at radius 1 is 1.32 bits per heavy atom.